The molecule has 0 heterocycles. The fourth-order valence-corrected chi connectivity index (χ4v) is 4.22. The van der Waals surface area contributed by atoms with Crippen molar-refractivity contribution in [3.8, 4) is 0 Å². The second-order valence-corrected chi connectivity index (χ2v) is 6.83. The van der Waals surface area contributed by atoms with Crippen molar-refractivity contribution in [2.24, 2.45) is 17.6 Å². The lowest BCUT2D eigenvalue weighted by molar-refractivity contribution is 0.0991. The van der Waals surface area contributed by atoms with E-state index in [2.05, 4.69) is 12.2 Å². The topological polar surface area (TPSA) is 58.3 Å². The molecule has 3 heteroatoms. The quantitative estimate of drug-likeness (QED) is 0.718. The molecule has 0 radical (unpaired) electrons. The van der Waals surface area contributed by atoms with Crippen LogP contribution >= 0.6 is 0 Å². The Kier molecular flexibility index (Phi) is 5.67. The van der Waals surface area contributed by atoms with Crippen LogP contribution in [0.1, 0.15) is 64.7 Å². The van der Waals surface area contributed by atoms with Gasteiger partial charge in [-0.05, 0) is 37.5 Å². The first-order chi connectivity index (χ1) is 9.23. The number of aliphatic hydroxyl groups excluding tert-OH is 1. The third kappa shape index (κ3) is 3.71. The predicted octanol–water partition coefficient (Wildman–Crippen LogP) is 2.42. The highest BCUT2D eigenvalue weighted by atomic mass is 16.3. The van der Waals surface area contributed by atoms with Crippen LogP contribution in [0, 0.1) is 11.8 Å². The Morgan fingerprint density at radius 3 is 2.68 bits per heavy atom. The summed E-state index contributed by atoms with van der Waals surface area (Å²) < 4.78 is 0. The van der Waals surface area contributed by atoms with Crippen LogP contribution in [-0.2, 0) is 0 Å². The van der Waals surface area contributed by atoms with Gasteiger partial charge in [-0.15, -0.1) is 0 Å². The average Bonchev–Trinajstić information content (AvgIpc) is 2.48. The molecule has 0 amide bonds. The van der Waals surface area contributed by atoms with Crippen LogP contribution in [-0.4, -0.2) is 29.8 Å². The smallest absolute Gasteiger partial charge is 0.0474 e. The van der Waals surface area contributed by atoms with Crippen molar-refractivity contribution in [3.63, 3.8) is 0 Å². The molecule has 0 aliphatic heterocycles. The Labute approximate surface area is 118 Å². The van der Waals surface area contributed by atoms with E-state index in [1.165, 1.54) is 57.8 Å². The van der Waals surface area contributed by atoms with Gasteiger partial charge in [0.2, 0.25) is 0 Å². The molecule has 0 saturated heterocycles. The highest BCUT2D eigenvalue weighted by molar-refractivity contribution is 4.98. The number of hydrogen-bond acceptors (Lipinski definition) is 3. The van der Waals surface area contributed by atoms with Gasteiger partial charge in [0.1, 0.15) is 0 Å². The zero-order valence-corrected chi connectivity index (χ0v) is 12.5. The summed E-state index contributed by atoms with van der Waals surface area (Å²) in [5, 5.41) is 13.5. The Bertz CT molecular complexity index is 271. The number of hydrogen-bond donors (Lipinski definition) is 3. The van der Waals surface area contributed by atoms with E-state index in [1.54, 1.807) is 0 Å². The molecule has 0 aromatic carbocycles. The van der Waals surface area contributed by atoms with E-state index in [9.17, 15) is 5.11 Å². The van der Waals surface area contributed by atoms with Gasteiger partial charge in [-0.3, -0.25) is 0 Å². The van der Waals surface area contributed by atoms with Crippen molar-refractivity contribution in [1.82, 2.24) is 5.32 Å². The van der Waals surface area contributed by atoms with Gasteiger partial charge in [0.25, 0.3) is 0 Å². The van der Waals surface area contributed by atoms with Crippen LogP contribution in [0.15, 0.2) is 0 Å². The van der Waals surface area contributed by atoms with Gasteiger partial charge in [0, 0.05) is 24.7 Å². The minimum Gasteiger partial charge on any atom is -0.396 e. The Morgan fingerprint density at radius 1 is 1.21 bits per heavy atom. The molecule has 0 aromatic heterocycles. The highest BCUT2D eigenvalue weighted by Crippen LogP contribution is 2.36. The molecular formula is C16H32N2O. The standard InChI is InChI=1S/C16H32N2O/c1-2-13-6-5-9-16(10-13,12-17)18-15-8-4-3-7-14(15)11-19/h13-15,18-19H,2-12,17H2,1H3. The van der Waals surface area contributed by atoms with E-state index in [0.29, 0.717) is 18.6 Å². The van der Waals surface area contributed by atoms with Crippen LogP contribution in [0.3, 0.4) is 0 Å². The second kappa shape index (κ2) is 7.05. The number of aliphatic hydroxyl groups is 1. The molecule has 0 aromatic rings. The van der Waals surface area contributed by atoms with E-state index >= 15 is 0 Å². The van der Waals surface area contributed by atoms with Crippen molar-refractivity contribution < 1.29 is 5.11 Å². The summed E-state index contributed by atoms with van der Waals surface area (Å²) in [5.74, 6) is 1.28. The van der Waals surface area contributed by atoms with Gasteiger partial charge in [0.15, 0.2) is 0 Å². The van der Waals surface area contributed by atoms with E-state index < -0.39 is 0 Å². The van der Waals surface area contributed by atoms with Gasteiger partial charge in [-0.25, -0.2) is 0 Å². The van der Waals surface area contributed by atoms with E-state index in [0.717, 1.165) is 12.5 Å². The monoisotopic (exact) mass is 268 g/mol. The zero-order chi connectivity index (χ0) is 13.7. The highest BCUT2D eigenvalue weighted by Gasteiger charge is 2.38. The molecule has 4 atom stereocenters. The van der Waals surface area contributed by atoms with E-state index in [1.807, 2.05) is 0 Å². The van der Waals surface area contributed by atoms with Gasteiger partial charge in [-0.1, -0.05) is 39.0 Å². The second-order valence-electron chi connectivity index (χ2n) is 6.83. The van der Waals surface area contributed by atoms with Gasteiger partial charge in [-0.2, -0.15) is 0 Å². The molecule has 2 saturated carbocycles. The maximum absolute atomic E-state index is 9.57. The summed E-state index contributed by atoms with van der Waals surface area (Å²) in [6.45, 7) is 3.38. The molecule has 2 fully saturated rings. The van der Waals surface area contributed by atoms with Crippen LogP contribution in [0.4, 0.5) is 0 Å². The summed E-state index contributed by atoms with van der Waals surface area (Å²) in [5.41, 5.74) is 6.28. The normalized spacial score (nSPS) is 40.3. The van der Waals surface area contributed by atoms with Crippen molar-refractivity contribution >= 4 is 0 Å². The number of nitrogens with one attached hydrogen (secondary N) is 1. The van der Waals surface area contributed by atoms with Crippen LogP contribution in [0.2, 0.25) is 0 Å². The maximum Gasteiger partial charge on any atom is 0.0474 e. The molecule has 2 rings (SSSR count). The van der Waals surface area contributed by atoms with Crippen LogP contribution in [0.5, 0.6) is 0 Å². The van der Waals surface area contributed by atoms with Gasteiger partial charge in [0.05, 0.1) is 0 Å². The molecule has 3 nitrogen and oxygen atoms in total. The van der Waals surface area contributed by atoms with E-state index in [4.69, 9.17) is 5.73 Å². The maximum atomic E-state index is 9.57. The average molecular weight is 268 g/mol. The molecule has 19 heavy (non-hydrogen) atoms. The Morgan fingerprint density at radius 2 is 2.00 bits per heavy atom. The summed E-state index contributed by atoms with van der Waals surface area (Å²) in [6.07, 6.45) is 11.4. The number of rotatable bonds is 5. The lowest BCUT2D eigenvalue weighted by atomic mass is 9.73. The summed E-state index contributed by atoms with van der Waals surface area (Å²) >= 11 is 0. The molecule has 0 bridgehead atoms. The molecular weight excluding hydrogens is 236 g/mol. The van der Waals surface area contributed by atoms with Crippen molar-refractivity contribution in [2.45, 2.75) is 76.3 Å². The fraction of sp³-hybridized carbons (Fsp3) is 1.00. The minimum atomic E-state index is 0.147. The van der Waals surface area contributed by atoms with Crippen molar-refractivity contribution in [1.29, 1.82) is 0 Å². The van der Waals surface area contributed by atoms with Gasteiger partial charge < -0.3 is 16.2 Å². The SMILES string of the molecule is CCC1CCCC(CN)(NC2CCCCC2CO)C1. The summed E-state index contributed by atoms with van der Waals surface area (Å²) in [4.78, 5) is 0. The molecule has 4 unspecified atom stereocenters. The Balaban J connectivity index is 2.00. The molecule has 2 aliphatic carbocycles. The fourth-order valence-electron chi connectivity index (χ4n) is 4.22. The summed E-state index contributed by atoms with van der Waals surface area (Å²) in [6, 6.07) is 0.484. The van der Waals surface area contributed by atoms with Crippen molar-refractivity contribution in [3.05, 3.63) is 0 Å². The third-order valence-electron chi connectivity index (χ3n) is 5.55. The Hall–Kier alpha value is -0.120. The van der Waals surface area contributed by atoms with Crippen LogP contribution < -0.4 is 11.1 Å². The molecule has 0 spiro atoms. The first-order valence-electron chi connectivity index (χ1n) is 8.31. The zero-order valence-electron chi connectivity index (χ0n) is 12.5. The first kappa shape index (κ1) is 15.3. The van der Waals surface area contributed by atoms with Crippen LogP contribution in [0.25, 0.3) is 0 Å². The molecule has 4 N–H and O–H groups in total. The first-order valence-corrected chi connectivity index (χ1v) is 8.31. The third-order valence-corrected chi connectivity index (χ3v) is 5.55. The largest absolute Gasteiger partial charge is 0.396 e. The lowest BCUT2D eigenvalue weighted by Gasteiger charge is -2.46. The van der Waals surface area contributed by atoms with E-state index in [-0.39, 0.29) is 5.54 Å². The number of nitrogens with two attached hydrogens (primary N) is 1. The molecule has 112 valence electrons. The lowest BCUT2D eigenvalue weighted by Crippen LogP contribution is -2.59. The van der Waals surface area contributed by atoms with Crippen molar-refractivity contribution in [2.75, 3.05) is 13.2 Å². The van der Waals surface area contributed by atoms with Gasteiger partial charge >= 0.3 is 0 Å². The molecule has 2 aliphatic rings. The predicted molar refractivity (Wildman–Crippen MR) is 80.0 cm³/mol. The minimum absolute atomic E-state index is 0.147. The summed E-state index contributed by atoms with van der Waals surface area (Å²) in [7, 11) is 0.